The molecule has 2 aromatic heterocycles. The van der Waals surface area contributed by atoms with Gasteiger partial charge in [-0.05, 0) is 51.5 Å². The van der Waals surface area contributed by atoms with E-state index in [2.05, 4.69) is 34.3 Å². The van der Waals surface area contributed by atoms with Crippen LogP contribution in [0.3, 0.4) is 0 Å². The number of aromatic nitrogens is 1. The Morgan fingerprint density at radius 1 is 1.53 bits per heavy atom. The SMILES string of the molecule is CCCn1cccc1C(=O)N(C)Cc1csc(Br)c1. The predicted octanol–water partition coefficient (Wildman–Crippen LogP) is 3.99. The minimum Gasteiger partial charge on any atom is -0.344 e. The maximum atomic E-state index is 12.4. The number of carbonyl (C=O) groups is 1. The Morgan fingerprint density at radius 3 is 2.95 bits per heavy atom. The predicted molar refractivity (Wildman–Crippen MR) is 82.5 cm³/mol. The summed E-state index contributed by atoms with van der Waals surface area (Å²) >= 11 is 5.08. The fourth-order valence-corrected chi connectivity index (χ4v) is 3.21. The zero-order chi connectivity index (χ0) is 13.8. The first-order valence-electron chi connectivity index (χ1n) is 6.25. The van der Waals surface area contributed by atoms with Gasteiger partial charge in [0.2, 0.25) is 0 Å². The van der Waals surface area contributed by atoms with E-state index < -0.39 is 0 Å². The summed E-state index contributed by atoms with van der Waals surface area (Å²) < 4.78 is 3.11. The van der Waals surface area contributed by atoms with Gasteiger partial charge in [-0.3, -0.25) is 4.79 Å². The van der Waals surface area contributed by atoms with Crippen molar-refractivity contribution in [3.63, 3.8) is 0 Å². The van der Waals surface area contributed by atoms with E-state index in [4.69, 9.17) is 0 Å². The largest absolute Gasteiger partial charge is 0.344 e. The van der Waals surface area contributed by atoms with Crippen molar-refractivity contribution in [2.75, 3.05) is 7.05 Å². The number of halogens is 1. The van der Waals surface area contributed by atoms with Gasteiger partial charge in [0.15, 0.2) is 0 Å². The molecule has 0 aliphatic rings. The van der Waals surface area contributed by atoms with Crippen molar-refractivity contribution in [3.8, 4) is 0 Å². The molecule has 0 atom stereocenters. The summed E-state index contributed by atoms with van der Waals surface area (Å²) in [6.45, 7) is 3.63. The van der Waals surface area contributed by atoms with Crippen LogP contribution >= 0.6 is 27.3 Å². The fourth-order valence-electron chi connectivity index (χ4n) is 2.01. The monoisotopic (exact) mass is 340 g/mol. The summed E-state index contributed by atoms with van der Waals surface area (Å²) in [6.07, 6.45) is 2.99. The second-order valence-electron chi connectivity index (χ2n) is 4.51. The van der Waals surface area contributed by atoms with Crippen LogP contribution in [0.5, 0.6) is 0 Å². The van der Waals surface area contributed by atoms with Gasteiger partial charge < -0.3 is 9.47 Å². The summed E-state index contributed by atoms with van der Waals surface area (Å²) in [7, 11) is 1.84. The van der Waals surface area contributed by atoms with Gasteiger partial charge in [-0.15, -0.1) is 11.3 Å². The molecule has 2 heterocycles. The normalized spacial score (nSPS) is 10.7. The van der Waals surface area contributed by atoms with Crippen molar-refractivity contribution < 1.29 is 4.79 Å². The number of amides is 1. The molecule has 0 radical (unpaired) electrons. The minimum absolute atomic E-state index is 0.0702. The molecule has 0 aliphatic carbocycles. The Kier molecular flexibility index (Phi) is 4.82. The molecule has 3 nitrogen and oxygen atoms in total. The third kappa shape index (κ3) is 3.48. The fraction of sp³-hybridized carbons (Fsp3) is 0.357. The van der Waals surface area contributed by atoms with Gasteiger partial charge >= 0.3 is 0 Å². The van der Waals surface area contributed by atoms with Crippen LogP contribution in [0.1, 0.15) is 29.4 Å². The molecule has 0 fully saturated rings. The van der Waals surface area contributed by atoms with Crippen LogP contribution < -0.4 is 0 Å². The number of thiophene rings is 1. The molecule has 0 saturated carbocycles. The van der Waals surface area contributed by atoms with Crippen LogP contribution in [0.15, 0.2) is 33.6 Å². The van der Waals surface area contributed by atoms with E-state index >= 15 is 0 Å². The standard InChI is InChI=1S/C14H17BrN2OS/c1-3-6-17-7-4-5-12(17)14(18)16(2)9-11-8-13(15)19-10-11/h4-5,7-8,10H,3,6,9H2,1-2H3. The maximum Gasteiger partial charge on any atom is 0.270 e. The van der Waals surface area contributed by atoms with Gasteiger partial charge in [-0.1, -0.05) is 6.92 Å². The highest BCUT2D eigenvalue weighted by Crippen LogP contribution is 2.22. The van der Waals surface area contributed by atoms with Crippen molar-refractivity contribution in [1.29, 1.82) is 0 Å². The first-order valence-corrected chi connectivity index (χ1v) is 7.92. The molecule has 0 N–H and O–H groups in total. The molecule has 102 valence electrons. The molecule has 2 rings (SSSR count). The second kappa shape index (κ2) is 6.39. The van der Waals surface area contributed by atoms with Gasteiger partial charge in [0.1, 0.15) is 5.69 Å². The number of carbonyl (C=O) groups excluding carboxylic acids is 1. The smallest absolute Gasteiger partial charge is 0.270 e. The summed E-state index contributed by atoms with van der Waals surface area (Å²) in [4.78, 5) is 14.2. The lowest BCUT2D eigenvalue weighted by Crippen LogP contribution is -2.28. The Bertz CT molecular complexity index is 561. The van der Waals surface area contributed by atoms with Crippen molar-refractivity contribution in [2.24, 2.45) is 0 Å². The summed E-state index contributed by atoms with van der Waals surface area (Å²) in [5, 5.41) is 2.07. The zero-order valence-electron chi connectivity index (χ0n) is 11.1. The summed E-state index contributed by atoms with van der Waals surface area (Å²) in [5.74, 6) is 0.0702. The van der Waals surface area contributed by atoms with Crippen molar-refractivity contribution >= 4 is 33.2 Å². The lowest BCUT2D eigenvalue weighted by atomic mass is 10.3. The number of aryl methyl sites for hydroxylation is 1. The van der Waals surface area contributed by atoms with Crippen LogP contribution in [0.25, 0.3) is 0 Å². The molecule has 5 heteroatoms. The third-order valence-corrected chi connectivity index (χ3v) is 4.45. The highest BCUT2D eigenvalue weighted by atomic mass is 79.9. The van der Waals surface area contributed by atoms with E-state index in [0.29, 0.717) is 6.54 Å². The molecule has 2 aromatic rings. The molecule has 0 saturated heterocycles. The van der Waals surface area contributed by atoms with Crippen LogP contribution in [0.4, 0.5) is 0 Å². The van der Waals surface area contributed by atoms with Crippen LogP contribution in [0.2, 0.25) is 0 Å². The molecule has 19 heavy (non-hydrogen) atoms. The first kappa shape index (κ1) is 14.3. The molecule has 0 unspecified atom stereocenters. The number of nitrogens with zero attached hydrogens (tertiary/aromatic N) is 2. The van der Waals surface area contributed by atoms with Gasteiger partial charge in [0.25, 0.3) is 5.91 Å². The molecule has 0 spiro atoms. The number of rotatable bonds is 5. The zero-order valence-corrected chi connectivity index (χ0v) is 13.5. The Labute approximate surface area is 126 Å². The average Bonchev–Trinajstić information content (AvgIpc) is 2.98. The van der Waals surface area contributed by atoms with E-state index in [0.717, 1.165) is 28.0 Å². The van der Waals surface area contributed by atoms with Crippen LogP contribution in [-0.4, -0.2) is 22.4 Å². The highest BCUT2D eigenvalue weighted by molar-refractivity contribution is 9.11. The lowest BCUT2D eigenvalue weighted by molar-refractivity contribution is 0.0774. The molecular formula is C14H17BrN2OS. The van der Waals surface area contributed by atoms with Crippen LogP contribution in [-0.2, 0) is 13.1 Å². The lowest BCUT2D eigenvalue weighted by Gasteiger charge is -2.17. The van der Waals surface area contributed by atoms with E-state index in [1.54, 1.807) is 16.2 Å². The average molecular weight is 341 g/mol. The molecule has 1 amide bonds. The molecule has 0 aliphatic heterocycles. The Hall–Kier alpha value is -1.07. The molecule has 0 bridgehead atoms. The molecule has 0 aromatic carbocycles. The van der Waals surface area contributed by atoms with Crippen molar-refractivity contribution in [1.82, 2.24) is 9.47 Å². The summed E-state index contributed by atoms with van der Waals surface area (Å²) in [5.41, 5.74) is 1.92. The quantitative estimate of drug-likeness (QED) is 0.807. The van der Waals surface area contributed by atoms with E-state index in [-0.39, 0.29) is 5.91 Å². The minimum atomic E-state index is 0.0702. The van der Waals surface area contributed by atoms with Crippen LogP contribution in [0, 0.1) is 0 Å². The highest BCUT2D eigenvalue weighted by Gasteiger charge is 2.15. The van der Waals surface area contributed by atoms with Gasteiger partial charge in [0, 0.05) is 26.3 Å². The van der Waals surface area contributed by atoms with Gasteiger partial charge in [0.05, 0.1) is 3.79 Å². The Balaban J connectivity index is 2.08. The second-order valence-corrected chi connectivity index (χ2v) is 6.80. The Morgan fingerprint density at radius 2 is 2.32 bits per heavy atom. The number of hydrogen-bond donors (Lipinski definition) is 0. The molecular weight excluding hydrogens is 324 g/mol. The summed E-state index contributed by atoms with van der Waals surface area (Å²) in [6, 6.07) is 5.87. The topological polar surface area (TPSA) is 25.2 Å². The van der Waals surface area contributed by atoms with Gasteiger partial charge in [-0.2, -0.15) is 0 Å². The maximum absolute atomic E-state index is 12.4. The van der Waals surface area contributed by atoms with E-state index in [1.807, 2.05) is 29.9 Å². The van der Waals surface area contributed by atoms with E-state index in [1.165, 1.54) is 0 Å². The first-order chi connectivity index (χ1) is 9.11. The van der Waals surface area contributed by atoms with Gasteiger partial charge in [-0.25, -0.2) is 0 Å². The van der Waals surface area contributed by atoms with Crippen molar-refractivity contribution in [2.45, 2.75) is 26.4 Å². The number of hydrogen-bond acceptors (Lipinski definition) is 2. The third-order valence-electron chi connectivity index (χ3n) is 2.90. The van der Waals surface area contributed by atoms with E-state index in [9.17, 15) is 4.79 Å². The van der Waals surface area contributed by atoms with Crippen molar-refractivity contribution in [3.05, 3.63) is 44.8 Å².